The van der Waals surface area contributed by atoms with E-state index in [2.05, 4.69) is 10.3 Å². The topological polar surface area (TPSA) is 84.2 Å². The van der Waals surface area contributed by atoms with Crippen molar-refractivity contribution >= 4 is 11.9 Å². The lowest BCUT2D eigenvalue weighted by molar-refractivity contribution is -0.163. The van der Waals surface area contributed by atoms with Gasteiger partial charge in [-0.3, -0.25) is 9.59 Å². The molecule has 6 nitrogen and oxygen atoms in total. The number of carbonyl (C=O) groups excluding carboxylic acids is 1. The number of aryl methyl sites for hydroxylation is 1. The molecular formula is C15H21N3O3. The third-order valence-electron chi connectivity index (χ3n) is 5.37. The van der Waals surface area contributed by atoms with Gasteiger partial charge >= 0.3 is 5.97 Å². The molecule has 3 aliphatic carbocycles. The summed E-state index contributed by atoms with van der Waals surface area (Å²) in [4.78, 5) is 28.1. The molecule has 0 unspecified atom stereocenters. The molecule has 0 saturated heterocycles. The smallest absolute Gasteiger partial charge is 0.309 e. The van der Waals surface area contributed by atoms with Gasteiger partial charge in [0.1, 0.15) is 0 Å². The molecule has 0 radical (unpaired) electrons. The first-order valence-electron chi connectivity index (χ1n) is 7.44. The Morgan fingerprint density at radius 2 is 1.81 bits per heavy atom. The molecule has 114 valence electrons. The summed E-state index contributed by atoms with van der Waals surface area (Å²) < 4.78 is 1.85. The number of carboxylic acids is 1. The maximum atomic E-state index is 12.5. The Labute approximate surface area is 123 Å². The van der Waals surface area contributed by atoms with Crippen LogP contribution < -0.4 is 5.32 Å². The summed E-state index contributed by atoms with van der Waals surface area (Å²) in [6.45, 7) is 0.436. The Hall–Kier alpha value is -1.85. The van der Waals surface area contributed by atoms with E-state index >= 15 is 0 Å². The summed E-state index contributed by atoms with van der Waals surface area (Å²) in [5.41, 5.74) is -0.0802. The second-order valence-corrected chi connectivity index (χ2v) is 6.58. The molecule has 21 heavy (non-hydrogen) atoms. The molecule has 1 aromatic rings. The normalized spacial score (nSPS) is 31.1. The van der Waals surface area contributed by atoms with Gasteiger partial charge in [-0.15, -0.1) is 0 Å². The molecule has 2 bridgehead atoms. The summed E-state index contributed by atoms with van der Waals surface area (Å²) in [5.74, 6) is -0.628. The molecule has 0 atom stereocenters. The fraction of sp³-hybridized carbons (Fsp3) is 0.667. The first-order valence-corrected chi connectivity index (χ1v) is 7.44. The Kier molecular flexibility index (Phi) is 3.26. The number of rotatable bonds is 4. The van der Waals surface area contributed by atoms with E-state index in [4.69, 9.17) is 0 Å². The van der Waals surface area contributed by atoms with E-state index in [9.17, 15) is 14.7 Å². The molecule has 1 amide bonds. The molecule has 0 aliphatic heterocycles. The third-order valence-corrected chi connectivity index (χ3v) is 5.37. The van der Waals surface area contributed by atoms with Crippen LogP contribution in [0, 0.1) is 10.8 Å². The number of imidazole rings is 1. The van der Waals surface area contributed by atoms with Gasteiger partial charge in [0.25, 0.3) is 0 Å². The summed E-state index contributed by atoms with van der Waals surface area (Å²) in [5, 5.41) is 12.4. The summed E-state index contributed by atoms with van der Waals surface area (Å²) in [7, 11) is 1.89. The Bertz CT molecular complexity index is 554. The largest absolute Gasteiger partial charge is 0.481 e. The lowest BCUT2D eigenvalue weighted by Crippen LogP contribution is -2.52. The van der Waals surface area contributed by atoms with Gasteiger partial charge in [0, 0.05) is 18.7 Å². The fourth-order valence-electron chi connectivity index (χ4n) is 3.76. The molecular weight excluding hydrogens is 270 g/mol. The first-order chi connectivity index (χ1) is 9.96. The highest BCUT2D eigenvalue weighted by Gasteiger charge is 2.55. The van der Waals surface area contributed by atoms with Crippen molar-refractivity contribution in [3.05, 3.63) is 18.2 Å². The quantitative estimate of drug-likeness (QED) is 0.879. The number of carboxylic acid groups (broad SMARTS) is 1. The van der Waals surface area contributed by atoms with E-state index in [0.717, 1.165) is 5.69 Å². The highest BCUT2D eigenvalue weighted by Crippen LogP contribution is 2.57. The van der Waals surface area contributed by atoms with Crippen LogP contribution in [0.1, 0.15) is 44.2 Å². The van der Waals surface area contributed by atoms with Crippen LogP contribution in [0.3, 0.4) is 0 Å². The van der Waals surface area contributed by atoms with E-state index in [-0.39, 0.29) is 11.3 Å². The van der Waals surface area contributed by atoms with Crippen molar-refractivity contribution in [1.82, 2.24) is 14.9 Å². The van der Waals surface area contributed by atoms with Gasteiger partial charge in [0.2, 0.25) is 5.91 Å². The van der Waals surface area contributed by atoms with Crippen molar-refractivity contribution in [3.63, 3.8) is 0 Å². The van der Waals surface area contributed by atoms with Gasteiger partial charge in [-0.1, -0.05) is 0 Å². The van der Waals surface area contributed by atoms with Crippen LogP contribution in [0.2, 0.25) is 0 Å². The van der Waals surface area contributed by atoms with Gasteiger partial charge in [-0.25, -0.2) is 4.98 Å². The third kappa shape index (κ3) is 2.32. The van der Waals surface area contributed by atoms with Gasteiger partial charge in [-0.2, -0.15) is 0 Å². The zero-order valence-electron chi connectivity index (χ0n) is 12.3. The highest BCUT2D eigenvalue weighted by atomic mass is 16.4. The summed E-state index contributed by atoms with van der Waals surface area (Å²) in [6.07, 6.45) is 7.53. The van der Waals surface area contributed by atoms with Crippen molar-refractivity contribution in [2.45, 2.75) is 45.1 Å². The first kappa shape index (κ1) is 14.1. The lowest BCUT2D eigenvalue weighted by atomic mass is 9.53. The van der Waals surface area contributed by atoms with E-state index < -0.39 is 11.4 Å². The number of nitrogens with one attached hydrogen (secondary N) is 1. The minimum Gasteiger partial charge on any atom is -0.481 e. The van der Waals surface area contributed by atoms with Gasteiger partial charge in [0.05, 0.1) is 24.0 Å². The van der Waals surface area contributed by atoms with E-state index in [1.54, 1.807) is 6.33 Å². The van der Waals surface area contributed by atoms with Crippen LogP contribution >= 0.6 is 0 Å². The van der Waals surface area contributed by atoms with Crippen LogP contribution in [-0.4, -0.2) is 26.5 Å². The average molecular weight is 291 g/mol. The van der Waals surface area contributed by atoms with E-state index in [1.165, 1.54) is 0 Å². The number of hydrogen-bond donors (Lipinski definition) is 2. The van der Waals surface area contributed by atoms with Gasteiger partial charge < -0.3 is 15.0 Å². The number of nitrogens with zero attached hydrogens (tertiary/aromatic N) is 2. The van der Waals surface area contributed by atoms with Crippen molar-refractivity contribution in [3.8, 4) is 0 Å². The number of hydrogen-bond acceptors (Lipinski definition) is 3. The van der Waals surface area contributed by atoms with Crippen LogP contribution in [0.5, 0.6) is 0 Å². The number of aromatic nitrogens is 2. The van der Waals surface area contributed by atoms with Crippen LogP contribution in [0.4, 0.5) is 0 Å². The Morgan fingerprint density at radius 1 is 1.24 bits per heavy atom. The van der Waals surface area contributed by atoms with Crippen LogP contribution in [0.15, 0.2) is 12.5 Å². The summed E-state index contributed by atoms with van der Waals surface area (Å²) in [6, 6.07) is 0. The number of carbonyl (C=O) groups is 2. The molecule has 2 N–H and O–H groups in total. The monoisotopic (exact) mass is 291 g/mol. The van der Waals surface area contributed by atoms with Gasteiger partial charge in [-0.05, 0) is 38.5 Å². The maximum Gasteiger partial charge on any atom is 0.309 e. The SMILES string of the molecule is Cn1cnc(CNC(=O)C23CCC(C(=O)O)(CC2)CC3)c1. The molecule has 0 spiro atoms. The predicted molar refractivity (Wildman–Crippen MR) is 75.3 cm³/mol. The van der Waals surface area contributed by atoms with Crippen LogP contribution in [0.25, 0.3) is 0 Å². The van der Waals surface area contributed by atoms with Crippen molar-refractivity contribution in [2.75, 3.05) is 0 Å². The second kappa shape index (κ2) is 4.86. The molecule has 1 aromatic heterocycles. The standard InChI is InChI=1S/C15H21N3O3/c1-18-9-11(17-10-18)8-16-12(19)14-2-5-15(6-3-14,7-4-14)13(20)21/h9-10H,2-8H2,1H3,(H,16,19)(H,20,21). The molecule has 1 heterocycles. The zero-order chi connectivity index (χ0) is 15.1. The molecule has 3 fully saturated rings. The average Bonchev–Trinajstić information content (AvgIpc) is 2.92. The second-order valence-electron chi connectivity index (χ2n) is 6.58. The Balaban J connectivity index is 1.62. The van der Waals surface area contributed by atoms with Gasteiger partial charge in [0.15, 0.2) is 0 Å². The molecule has 3 saturated carbocycles. The van der Waals surface area contributed by atoms with Crippen LogP contribution in [-0.2, 0) is 23.2 Å². The maximum absolute atomic E-state index is 12.5. The molecule has 0 aromatic carbocycles. The number of aliphatic carboxylic acids is 1. The van der Waals surface area contributed by atoms with Crippen molar-refractivity contribution < 1.29 is 14.7 Å². The highest BCUT2D eigenvalue weighted by molar-refractivity contribution is 5.84. The molecule has 6 heteroatoms. The van der Waals surface area contributed by atoms with Crippen molar-refractivity contribution in [2.24, 2.45) is 17.9 Å². The minimum atomic E-state index is -0.690. The summed E-state index contributed by atoms with van der Waals surface area (Å²) >= 11 is 0. The number of amides is 1. The van der Waals surface area contributed by atoms with Crippen molar-refractivity contribution in [1.29, 1.82) is 0 Å². The molecule has 4 rings (SSSR count). The van der Waals surface area contributed by atoms with E-state index in [0.29, 0.717) is 45.1 Å². The lowest BCUT2D eigenvalue weighted by Gasteiger charge is -2.50. The minimum absolute atomic E-state index is 0.0619. The van der Waals surface area contributed by atoms with E-state index in [1.807, 2.05) is 17.8 Å². The Morgan fingerprint density at radius 3 is 2.29 bits per heavy atom. The molecule has 3 aliphatic rings. The predicted octanol–water partition coefficient (Wildman–Crippen LogP) is 1.46. The zero-order valence-corrected chi connectivity index (χ0v) is 12.3. The fourth-order valence-corrected chi connectivity index (χ4v) is 3.76. The number of fused-ring (bicyclic) bond motifs is 3.